The number of aromatic nitrogens is 2. The van der Waals surface area contributed by atoms with Crippen molar-refractivity contribution in [3.63, 3.8) is 0 Å². The van der Waals surface area contributed by atoms with Crippen LogP contribution in [0.15, 0.2) is 45.7 Å². The maximum atomic E-state index is 13.1. The molecular weight excluding hydrogens is 438 g/mol. The number of fused-ring (bicyclic) bond motifs is 2. The quantitative estimate of drug-likeness (QED) is 0.643. The predicted octanol–water partition coefficient (Wildman–Crippen LogP) is 3.84. The Kier molecular flexibility index (Phi) is 5.27. The predicted molar refractivity (Wildman–Crippen MR) is 114 cm³/mol. The molecule has 0 unspecified atom stereocenters. The van der Waals surface area contributed by atoms with Gasteiger partial charge in [-0.3, -0.25) is 9.59 Å². The Bertz CT molecular complexity index is 1160. The van der Waals surface area contributed by atoms with Crippen molar-refractivity contribution in [2.75, 3.05) is 18.5 Å². The third-order valence-electron chi connectivity index (χ3n) is 4.50. The van der Waals surface area contributed by atoms with Gasteiger partial charge >= 0.3 is 0 Å². The molecule has 1 amide bonds. The molecule has 1 aliphatic heterocycles. The fourth-order valence-electron chi connectivity index (χ4n) is 3.21. The molecule has 0 atom stereocenters. The van der Waals surface area contributed by atoms with E-state index in [0.29, 0.717) is 52.2 Å². The first kappa shape index (κ1) is 19.4. The smallest absolute Gasteiger partial charge is 0.276 e. The van der Waals surface area contributed by atoms with Crippen molar-refractivity contribution < 1.29 is 14.3 Å². The molecule has 3 aromatic rings. The summed E-state index contributed by atoms with van der Waals surface area (Å²) in [6.07, 6.45) is 0. The average Bonchev–Trinajstić information content (AvgIpc) is 2.70. The van der Waals surface area contributed by atoms with Crippen molar-refractivity contribution in [3.05, 3.63) is 56.9 Å². The summed E-state index contributed by atoms with van der Waals surface area (Å²) >= 11 is 3.46. The van der Waals surface area contributed by atoms with Crippen LogP contribution in [0.1, 0.15) is 24.3 Å². The molecule has 2 heterocycles. The summed E-state index contributed by atoms with van der Waals surface area (Å²) in [4.78, 5) is 25.9. The largest absolute Gasteiger partial charge is 0.486 e. The monoisotopic (exact) mass is 457 g/mol. The summed E-state index contributed by atoms with van der Waals surface area (Å²) in [5.41, 5.74) is 0.528. The van der Waals surface area contributed by atoms with Crippen LogP contribution in [0.25, 0.3) is 10.8 Å². The lowest BCUT2D eigenvalue weighted by Gasteiger charge is -2.20. The van der Waals surface area contributed by atoms with Gasteiger partial charge in [0.15, 0.2) is 17.2 Å². The summed E-state index contributed by atoms with van der Waals surface area (Å²) in [6, 6.07) is 10.5. The van der Waals surface area contributed by atoms with E-state index in [4.69, 9.17) is 9.47 Å². The van der Waals surface area contributed by atoms with Crippen LogP contribution in [0.5, 0.6) is 11.5 Å². The fourth-order valence-corrected chi connectivity index (χ4v) is 3.64. The Morgan fingerprint density at radius 2 is 1.83 bits per heavy atom. The summed E-state index contributed by atoms with van der Waals surface area (Å²) in [7, 11) is 0. The van der Waals surface area contributed by atoms with Crippen LogP contribution in [-0.2, 0) is 6.54 Å². The van der Waals surface area contributed by atoms with Crippen molar-refractivity contribution in [1.29, 1.82) is 0 Å². The minimum absolute atomic E-state index is 0.197. The highest BCUT2D eigenvalue weighted by molar-refractivity contribution is 9.10. The number of nitrogens with zero attached hydrogens (tertiary/aromatic N) is 2. The second kappa shape index (κ2) is 7.87. The Morgan fingerprint density at radius 3 is 2.52 bits per heavy atom. The molecule has 2 aromatic carbocycles. The standard InChI is InChI=1S/C21H20BrN3O4/c1-12(2)11-25-21(27)14-6-4-3-5-13(14)19(24-25)20(26)23-16-10-18-17(9-15(16)22)28-7-8-29-18/h3-6,9-10,12H,7-8,11H2,1-2H3,(H,23,26). The number of hydrogen-bond acceptors (Lipinski definition) is 5. The second-order valence-electron chi connectivity index (χ2n) is 7.21. The van der Waals surface area contributed by atoms with Gasteiger partial charge in [-0.2, -0.15) is 5.10 Å². The molecule has 4 rings (SSSR count). The number of anilines is 1. The zero-order valence-electron chi connectivity index (χ0n) is 16.1. The molecule has 0 radical (unpaired) electrons. The van der Waals surface area contributed by atoms with E-state index in [1.807, 2.05) is 13.8 Å². The van der Waals surface area contributed by atoms with Crippen molar-refractivity contribution in [2.45, 2.75) is 20.4 Å². The summed E-state index contributed by atoms with van der Waals surface area (Å²) in [6.45, 7) is 5.36. The maximum absolute atomic E-state index is 13.1. The molecule has 0 saturated heterocycles. The zero-order chi connectivity index (χ0) is 20.5. The number of nitrogens with one attached hydrogen (secondary N) is 1. The summed E-state index contributed by atoms with van der Waals surface area (Å²) in [5.74, 6) is 0.993. The first-order valence-electron chi connectivity index (χ1n) is 9.34. The topological polar surface area (TPSA) is 82.5 Å². The molecule has 150 valence electrons. The number of benzene rings is 2. The maximum Gasteiger partial charge on any atom is 0.276 e. The van der Waals surface area contributed by atoms with E-state index in [1.165, 1.54) is 4.68 Å². The Balaban J connectivity index is 1.76. The Hall–Kier alpha value is -2.87. The molecule has 1 aliphatic rings. The molecule has 0 bridgehead atoms. The van der Waals surface area contributed by atoms with E-state index in [-0.39, 0.29) is 17.2 Å². The molecule has 1 aromatic heterocycles. The number of rotatable bonds is 4. The first-order valence-corrected chi connectivity index (χ1v) is 10.1. The number of halogens is 1. The lowest BCUT2D eigenvalue weighted by molar-refractivity contribution is 0.102. The highest BCUT2D eigenvalue weighted by Gasteiger charge is 2.20. The van der Waals surface area contributed by atoms with Gasteiger partial charge in [0, 0.05) is 28.5 Å². The number of carbonyl (C=O) groups excluding carboxylic acids is 1. The van der Waals surface area contributed by atoms with Crippen molar-refractivity contribution in [2.24, 2.45) is 5.92 Å². The van der Waals surface area contributed by atoms with Gasteiger partial charge in [0.25, 0.3) is 11.5 Å². The van der Waals surface area contributed by atoms with Crippen molar-refractivity contribution >= 4 is 38.3 Å². The third kappa shape index (κ3) is 3.85. The van der Waals surface area contributed by atoms with Gasteiger partial charge in [0.2, 0.25) is 0 Å². The lowest BCUT2D eigenvalue weighted by atomic mass is 10.1. The lowest BCUT2D eigenvalue weighted by Crippen LogP contribution is -2.29. The molecule has 0 fully saturated rings. The van der Waals surface area contributed by atoms with E-state index >= 15 is 0 Å². The van der Waals surface area contributed by atoms with E-state index < -0.39 is 5.91 Å². The van der Waals surface area contributed by atoms with Crippen LogP contribution < -0.4 is 20.3 Å². The zero-order valence-corrected chi connectivity index (χ0v) is 17.7. The number of carbonyl (C=O) groups is 1. The van der Waals surface area contributed by atoms with Crippen molar-refractivity contribution in [3.8, 4) is 11.5 Å². The van der Waals surface area contributed by atoms with Gasteiger partial charge in [-0.15, -0.1) is 0 Å². The van der Waals surface area contributed by atoms with Crippen LogP contribution in [-0.4, -0.2) is 28.9 Å². The molecule has 29 heavy (non-hydrogen) atoms. The van der Waals surface area contributed by atoms with Crippen molar-refractivity contribution in [1.82, 2.24) is 9.78 Å². The van der Waals surface area contributed by atoms with Gasteiger partial charge in [0.1, 0.15) is 13.2 Å². The van der Waals surface area contributed by atoms with Gasteiger partial charge < -0.3 is 14.8 Å². The van der Waals surface area contributed by atoms with Gasteiger partial charge in [-0.05, 0) is 27.9 Å². The van der Waals surface area contributed by atoms with Gasteiger partial charge in [-0.25, -0.2) is 4.68 Å². The van der Waals surface area contributed by atoms with E-state index in [0.717, 1.165) is 0 Å². The van der Waals surface area contributed by atoms with Crippen LogP contribution in [0, 0.1) is 5.92 Å². The fraction of sp³-hybridized carbons (Fsp3) is 0.286. The van der Waals surface area contributed by atoms with Crippen LogP contribution in [0.2, 0.25) is 0 Å². The highest BCUT2D eigenvalue weighted by Crippen LogP contribution is 2.38. The minimum Gasteiger partial charge on any atom is -0.486 e. The summed E-state index contributed by atoms with van der Waals surface area (Å²) in [5, 5.41) is 8.23. The van der Waals surface area contributed by atoms with Crippen LogP contribution in [0.4, 0.5) is 5.69 Å². The number of hydrogen-bond donors (Lipinski definition) is 1. The van der Waals surface area contributed by atoms with E-state index in [1.54, 1.807) is 36.4 Å². The molecule has 0 spiro atoms. The molecule has 0 aliphatic carbocycles. The van der Waals surface area contributed by atoms with Gasteiger partial charge in [0.05, 0.1) is 11.1 Å². The Morgan fingerprint density at radius 1 is 1.17 bits per heavy atom. The Labute approximate surface area is 175 Å². The summed E-state index contributed by atoms with van der Waals surface area (Å²) < 4.78 is 13.2. The molecule has 7 nitrogen and oxygen atoms in total. The average molecular weight is 458 g/mol. The molecule has 8 heteroatoms. The minimum atomic E-state index is -0.406. The van der Waals surface area contributed by atoms with E-state index in [9.17, 15) is 9.59 Å². The molecule has 0 saturated carbocycles. The SMILES string of the molecule is CC(C)Cn1nc(C(=O)Nc2cc3c(cc2Br)OCCO3)c2ccccc2c1=O. The molecule has 1 N–H and O–H groups in total. The first-order chi connectivity index (χ1) is 13.9. The van der Waals surface area contributed by atoms with Crippen LogP contribution >= 0.6 is 15.9 Å². The second-order valence-corrected chi connectivity index (χ2v) is 8.06. The number of ether oxygens (including phenoxy) is 2. The highest BCUT2D eigenvalue weighted by atomic mass is 79.9. The third-order valence-corrected chi connectivity index (χ3v) is 5.16. The molecular formula is C21H20BrN3O4. The number of amides is 1. The normalized spacial score (nSPS) is 13.0. The van der Waals surface area contributed by atoms with E-state index in [2.05, 4.69) is 26.3 Å². The van der Waals surface area contributed by atoms with Gasteiger partial charge in [-0.1, -0.05) is 32.0 Å². The van der Waals surface area contributed by atoms with Crippen LogP contribution in [0.3, 0.4) is 0 Å².